The van der Waals surface area contributed by atoms with Crippen molar-refractivity contribution in [2.75, 3.05) is 34.0 Å². The van der Waals surface area contributed by atoms with Crippen LogP contribution in [-0.2, 0) is 32.3 Å². The van der Waals surface area contributed by atoms with Crippen molar-refractivity contribution in [2.24, 2.45) is 0 Å². The number of esters is 1. The third-order valence-corrected chi connectivity index (χ3v) is 5.48. The topological polar surface area (TPSA) is 80.3 Å². The van der Waals surface area contributed by atoms with E-state index in [1.165, 1.54) is 6.92 Å². The van der Waals surface area contributed by atoms with Crippen LogP contribution in [0.4, 0.5) is 0 Å². The number of allylic oxidation sites excluding steroid dienone is 1. The number of hydrogen-bond acceptors (Lipinski definition) is 7. The van der Waals surface area contributed by atoms with Crippen molar-refractivity contribution in [1.82, 2.24) is 0 Å². The molecule has 128 valence electrons. The number of carbonyl (C=O) groups is 2. The lowest BCUT2D eigenvalue weighted by atomic mass is 10.3. The van der Waals surface area contributed by atoms with Gasteiger partial charge in [-0.1, -0.05) is 6.58 Å². The molecule has 0 aliphatic carbocycles. The molecule has 0 saturated carbocycles. The molecule has 22 heavy (non-hydrogen) atoms. The monoisotopic (exact) mass is 334 g/mol. The lowest BCUT2D eigenvalue weighted by Gasteiger charge is -2.26. The normalized spacial score (nSPS) is 11.1. The van der Waals surface area contributed by atoms with Crippen LogP contribution in [0, 0.1) is 0 Å². The number of ether oxygens (including phenoxy) is 2. The van der Waals surface area contributed by atoms with Crippen LogP contribution in [-0.4, -0.2) is 54.6 Å². The predicted octanol–water partition coefficient (Wildman–Crippen LogP) is 1.70. The SMILES string of the molecule is C=C(C)O[Si](CCCOCCOC(=O)CC(C)=O)(OC)OC. The Morgan fingerprint density at radius 3 is 2.18 bits per heavy atom. The summed E-state index contributed by atoms with van der Waals surface area (Å²) in [4.78, 5) is 21.8. The smallest absolute Gasteiger partial charge is 0.505 e. The van der Waals surface area contributed by atoms with E-state index < -0.39 is 14.8 Å². The molecule has 0 aromatic carbocycles. The van der Waals surface area contributed by atoms with Crippen LogP contribution in [0.25, 0.3) is 0 Å². The fraction of sp³-hybridized carbons (Fsp3) is 0.714. The molecule has 0 bridgehead atoms. The van der Waals surface area contributed by atoms with Gasteiger partial charge in [0.1, 0.15) is 18.8 Å². The molecule has 8 heteroatoms. The molecule has 0 spiro atoms. The van der Waals surface area contributed by atoms with Gasteiger partial charge in [0, 0.05) is 26.9 Å². The quantitative estimate of drug-likeness (QED) is 0.167. The average molecular weight is 334 g/mol. The van der Waals surface area contributed by atoms with Crippen LogP contribution in [0.15, 0.2) is 12.3 Å². The third-order valence-electron chi connectivity index (χ3n) is 2.61. The van der Waals surface area contributed by atoms with Gasteiger partial charge >= 0.3 is 14.8 Å². The van der Waals surface area contributed by atoms with Crippen LogP contribution in [0.2, 0.25) is 6.04 Å². The zero-order valence-electron chi connectivity index (χ0n) is 13.8. The first-order chi connectivity index (χ1) is 10.3. The molecule has 0 N–H and O–H groups in total. The summed E-state index contributed by atoms with van der Waals surface area (Å²) in [6.07, 6.45) is 0.483. The van der Waals surface area contributed by atoms with Crippen LogP contribution in [0.5, 0.6) is 0 Å². The Bertz CT molecular complexity index is 366. The Kier molecular flexibility index (Phi) is 10.7. The summed E-state index contributed by atoms with van der Waals surface area (Å²) in [7, 11) is 0.386. The van der Waals surface area contributed by atoms with E-state index in [1.807, 2.05) is 0 Å². The van der Waals surface area contributed by atoms with Crippen molar-refractivity contribution in [1.29, 1.82) is 0 Å². The van der Waals surface area contributed by atoms with E-state index in [9.17, 15) is 9.59 Å². The van der Waals surface area contributed by atoms with Gasteiger partial charge in [-0.15, -0.1) is 0 Å². The first kappa shape index (κ1) is 20.8. The molecule has 7 nitrogen and oxygen atoms in total. The second kappa shape index (κ2) is 11.4. The molecule has 0 unspecified atom stereocenters. The van der Waals surface area contributed by atoms with Crippen LogP contribution in [0.3, 0.4) is 0 Å². The van der Waals surface area contributed by atoms with Gasteiger partial charge in [0.2, 0.25) is 0 Å². The fourth-order valence-electron chi connectivity index (χ4n) is 1.65. The molecule has 0 heterocycles. The minimum atomic E-state index is -2.71. The van der Waals surface area contributed by atoms with E-state index in [1.54, 1.807) is 21.1 Å². The van der Waals surface area contributed by atoms with Gasteiger partial charge in [0.15, 0.2) is 0 Å². The molecule has 0 amide bonds. The number of hydrogen-bond donors (Lipinski definition) is 0. The zero-order chi connectivity index (χ0) is 17.0. The summed E-state index contributed by atoms with van der Waals surface area (Å²) in [5.41, 5.74) is 0. The summed E-state index contributed by atoms with van der Waals surface area (Å²) in [5.74, 6) is -0.200. The molecule has 0 rings (SSSR count). The van der Waals surface area contributed by atoms with Gasteiger partial charge in [-0.2, -0.15) is 0 Å². The Balaban J connectivity index is 3.80. The summed E-state index contributed by atoms with van der Waals surface area (Å²) >= 11 is 0. The number of ketones is 1. The molecule has 0 fully saturated rings. The van der Waals surface area contributed by atoms with Gasteiger partial charge in [0.25, 0.3) is 0 Å². The molecule has 0 saturated heterocycles. The van der Waals surface area contributed by atoms with Gasteiger partial charge < -0.3 is 22.8 Å². The van der Waals surface area contributed by atoms with Crippen molar-refractivity contribution in [3.63, 3.8) is 0 Å². The number of carbonyl (C=O) groups excluding carboxylic acids is 2. The highest BCUT2D eigenvalue weighted by molar-refractivity contribution is 6.60. The molecule has 0 aliphatic rings. The summed E-state index contributed by atoms with van der Waals surface area (Å²) in [6, 6.07) is 0.594. The van der Waals surface area contributed by atoms with E-state index in [4.69, 9.17) is 22.8 Å². The van der Waals surface area contributed by atoms with E-state index >= 15 is 0 Å². The van der Waals surface area contributed by atoms with E-state index in [0.717, 1.165) is 0 Å². The van der Waals surface area contributed by atoms with Gasteiger partial charge in [-0.3, -0.25) is 9.59 Å². The highest BCUT2D eigenvalue weighted by Crippen LogP contribution is 2.18. The Morgan fingerprint density at radius 1 is 1.05 bits per heavy atom. The standard InChI is InChI=1S/C14H26O7Si/c1-12(2)21-22(17-4,18-5)10-6-7-19-8-9-20-14(16)11-13(3)15/h1,6-11H2,2-5H3. The average Bonchev–Trinajstić information content (AvgIpc) is 2.43. The van der Waals surface area contributed by atoms with E-state index in [0.29, 0.717) is 24.8 Å². The minimum Gasteiger partial charge on any atom is -0.505 e. The van der Waals surface area contributed by atoms with Gasteiger partial charge in [-0.25, -0.2) is 0 Å². The Labute approximate surface area is 132 Å². The maximum absolute atomic E-state index is 11.1. The molecular formula is C14H26O7Si. The second-order valence-electron chi connectivity index (χ2n) is 4.71. The van der Waals surface area contributed by atoms with E-state index in [2.05, 4.69) is 6.58 Å². The Hall–Kier alpha value is -1.22. The molecule has 0 aliphatic heterocycles. The molecule has 0 aromatic rings. The fourth-order valence-corrected chi connectivity index (χ4v) is 3.60. The Morgan fingerprint density at radius 2 is 1.68 bits per heavy atom. The maximum Gasteiger partial charge on any atom is 0.565 e. The first-order valence-corrected chi connectivity index (χ1v) is 8.96. The third kappa shape index (κ3) is 9.67. The summed E-state index contributed by atoms with van der Waals surface area (Å²) in [5, 5.41) is 0. The van der Waals surface area contributed by atoms with Gasteiger partial charge in [-0.05, 0) is 20.3 Å². The summed E-state index contributed by atoms with van der Waals surface area (Å²) in [6.45, 7) is 7.64. The van der Waals surface area contributed by atoms with Crippen molar-refractivity contribution in [2.45, 2.75) is 32.7 Å². The predicted molar refractivity (Wildman–Crippen MR) is 82.2 cm³/mol. The van der Waals surface area contributed by atoms with Crippen LogP contribution in [0.1, 0.15) is 26.7 Å². The minimum absolute atomic E-state index is 0.130. The van der Waals surface area contributed by atoms with Crippen molar-refractivity contribution >= 4 is 20.6 Å². The number of Topliss-reactive ketones (excluding diaryl/α,β-unsaturated/α-hetero) is 1. The molecule has 0 radical (unpaired) electrons. The van der Waals surface area contributed by atoms with Crippen LogP contribution >= 0.6 is 0 Å². The highest BCUT2D eigenvalue weighted by atomic mass is 28.4. The second-order valence-corrected chi connectivity index (χ2v) is 7.60. The highest BCUT2D eigenvalue weighted by Gasteiger charge is 2.40. The van der Waals surface area contributed by atoms with Crippen molar-refractivity contribution in [3.8, 4) is 0 Å². The lowest BCUT2D eigenvalue weighted by Crippen LogP contribution is -2.43. The van der Waals surface area contributed by atoms with Crippen LogP contribution < -0.4 is 0 Å². The molecule has 0 aromatic heterocycles. The van der Waals surface area contributed by atoms with Gasteiger partial charge in [0.05, 0.1) is 12.4 Å². The first-order valence-electron chi connectivity index (χ1n) is 7.03. The molecular weight excluding hydrogens is 308 g/mol. The van der Waals surface area contributed by atoms with Crippen molar-refractivity contribution in [3.05, 3.63) is 12.3 Å². The zero-order valence-corrected chi connectivity index (χ0v) is 14.8. The molecule has 0 atom stereocenters. The van der Waals surface area contributed by atoms with E-state index in [-0.39, 0.29) is 25.4 Å². The number of rotatable bonds is 13. The van der Waals surface area contributed by atoms with Crippen molar-refractivity contribution < 1.29 is 32.3 Å². The summed E-state index contributed by atoms with van der Waals surface area (Å²) < 4.78 is 26.5. The largest absolute Gasteiger partial charge is 0.565 e. The maximum atomic E-state index is 11.1. The lowest BCUT2D eigenvalue weighted by molar-refractivity contribution is -0.147.